The van der Waals surface area contributed by atoms with Crippen molar-refractivity contribution in [3.63, 3.8) is 0 Å². The van der Waals surface area contributed by atoms with E-state index in [-0.39, 0.29) is 0 Å². The zero-order chi connectivity index (χ0) is 7.03. The summed E-state index contributed by atoms with van der Waals surface area (Å²) in [5.74, 6) is 0. The Balaban J connectivity index is 1.89. The summed E-state index contributed by atoms with van der Waals surface area (Å²) in [6, 6.07) is 0. The molecule has 3 aliphatic carbocycles. The maximum absolute atomic E-state index is 2.54. The molecule has 0 aromatic carbocycles. The highest BCUT2D eigenvalue weighted by molar-refractivity contribution is 5.30. The lowest BCUT2D eigenvalue weighted by molar-refractivity contribution is 0.336. The third-order valence-corrected chi connectivity index (χ3v) is 3.06. The topological polar surface area (TPSA) is 0 Å². The maximum atomic E-state index is 2.54. The van der Waals surface area contributed by atoms with E-state index in [0.717, 1.165) is 5.41 Å². The van der Waals surface area contributed by atoms with E-state index in [1.807, 2.05) is 0 Å². The van der Waals surface area contributed by atoms with Gasteiger partial charge in [-0.25, -0.2) is 0 Å². The Bertz CT molecular complexity index is 167. The molecule has 56 valence electrons. The third-order valence-electron chi connectivity index (χ3n) is 3.06. The van der Waals surface area contributed by atoms with Gasteiger partial charge >= 0.3 is 0 Å². The molecule has 2 bridgehead atoms. The molecule has 0 nitrogen and oxygen atoms in total. The predicted octanol–water partition coefficient (Wildman–Crippen LogP) is 3.29. The van der Waals surface area contributed by atoms with Gasteiger partial charge in [0, 0.05) is 0 Å². The zero-order valence-electron chi connectivity index (χ0n) is 6.82. The first-order chi connectivity index (χ1) is 4.85. The van der Waals surface area contributed by atoms with Gasteiger partial charge in [0.25, 0.3) is 0 Å². The molecule has 0 spiro atoms. The molecule has 0 heteroatoms. The number of hydrogen-bond donors (Lipinski definition) is 0. The molecule has 0 aliphatic heterocycles. The number of hydrogen-bond acceptors (Lipinski definition) is 0. The van der Waals surface area contributed by atoms with Crippen molar-refractivity contribution in [1.82, 2.24) is 0 Å². The monoisotopic (exact) mass is 136 g/mol. The van der Waals surface area contributed by atoms with Crippen LogP contribution >= 0.6 is 0 Å². The Morgan fingerprint density at radius 2 is 2.40 bits per heavy atom. The minimum absolute atomic E-state index is 0.728. The van der Waals surface area contributed by atoms with Crippen molar-refractivity contribution in [1.29, 1.82) is 0 Å². The van der Waals surface area contributed by atoms with E-state index in [2.05, 4.69) is 13.0 Å². The lowest BCUT2D eigenvalue weighted by Crippen LogP contribution is -2.18. The van der Waals surface area contributed by atoms with Crippen LogP contribution in [0.15, 0.2) is 11.6 Å². The van der Waals surface area contributed by atoms with Gasteiger partial charge in [-0.15, -0.1) is 0 Å². The Kier molecular flexibility index (Phi) is 1.36. The van der Waals surface area contributed by atoms with Crippen LogP contribution in [0.3, 0.4) is 0 Å². The third kappa shape index (κ3) is 0.817. The number of fused-ring (bicyclic) bond motifs is 1. The van der Waals surface area contributed by atoms with Gasteiger partial charge in [-0.05, 0) is 31.1 Å². The van der Waals surface area contributed by atoms with Gasteiger partial charge < -0.3 is 0 Å². The van der Waals surface area contributed by atoms with Crippen LogP contribution in [0.4, 0.5) is 0 Å². The summed E-state index contributed by atoms with van der Waals surface area (Å²) in [6.45, 7) is 2.29. The van der Waals surface area contributed by atoms with E-state index in [1.54, 1.807) is 5.57 Å². The quantitative estimate of drug-likeness (QED) is 0.522. The fraction of sp³-hybridized carbons (Fsp3) is 0.800. The molecule has 0 aromatic rings. The molecule has 0 amide bonds. The second-order valence-electron chi connectivity index (χ2n) is 3.95. The van der Waals surface area contributed by atoms with Gasteiger partial charge in [0.2, 0.25) is 0 Å². The summed E-state index contributed by atoms with van der Waals surface area (Å²) in [5.41, 5.74) is 2.47. The first-order valence-corrected chi connectivity index (χ1v) is 4.55. The van der Waals surface area contributed by atoms with E-state index in [0.29, 0.717) is 0 Å². The molecule has 0 radical (unpaired) electrons. The van der Waals surface area contributed by atoms with Gasteiger partial charge in [0.1, 0.15) is 0 Å². The van der Waals surface area contributed by atoms with Gasteiger partial charge in [-0.3, -0.25) is 0 Å². The van der Waals surface area contributed by atoms with Crippen molar-refractivity contribution in [2.45, 2.75) is 45.4 Å². The Hall–Kier alpha value is -0.260. The van der Waals surface area contributed by atoms with E-state index < -0.39 is 0 Å². The Morgan fingerprint density at radius 1 is 1.60 bits per heavy atom. The standard InChI is InChI=1S/C10H16/c1-2-3-5-10-6-4-9(7-10)8-10/h7H,2-6,8H2,1H3. The SMILES string of the molecule is CCCCC12C=C(CC1)C2. The van der Waals surface area contributed by atoms with E-state index in [4.69, 9.17) is 0 Å². The van der Waals surface area contributed by atoms with Gasteiger partial charge in [-0.2, -0.15) is 0 Å². The zero-order valence-corrected chi connectivity index (χ0v) is 6.82. The van der Waals surface area contributed by atoms with Crippen LogP contribution in [-0.4, -0.2) is 0 Å². The summed E-state index contributed by atoms with van der Waals surface area (Å²) < 4.78 is 0. The van der Waals surface area contributed by atoms with Crippen molar-refractivity contribution >= 4 is 0 Å². The summed E-state index contributed by atoms with van der Waals surface area (Å²) in [7, 11) is 0. The molecule has 3 rings (SSSR count). The van der Waals surface area contributed by atoms with Crippen LogP contribution in [0.2, 0.25) is 0 Å². The molecule has 0 aromatic heterocycles. The largest absolute Gasteiger partial charge is 0.0787 e. The minimum atomic E-state index is 0.728. The molecule has 1 saturated carbocycles. The molecule has 0 N–H and O–H groups in total. The molecule has 1 unspecified atom stereocenters. The lowest BCUT2D eigenvalue weighted by Gasteiger charge is -2.30. The lowest BCUT2D eigenvalue weighted by atomic mass is 9.74. The summed E-state index contributed by atoms with van der Waals surface area (Å²) >= 11 is 0. The van der Waals surface area contributed by atoms with Gasteiger partial charge in [0.05, 0.1) is 0 Å². The van der Waals surface area contributed by atoms with E-state index >= 15 is 0 Å². The van der Waals surface area contributed by atoms with Crippen LogP contribution < -0.4 is 0 Å². The molecule has 1 atom stereocenters. The fourth-order valence-electron chi connectivity index (χ4n) is 2.40. The van der Waals surface area contributed by atoms with Crippen LogP contribution in [0, 0.1) is 5.41 Å². The Labute approximate surface area is 63.3 Å². The molecule has 3 aliphatic rings. The van der Waals surface area contributed by atoms with E-state index in [9.17, 15) is 0 Å². The highest BCUT2D eigenvalue weighted by atomic mass is 14.5. The van der Waals surface area contributed by atoms with Gasteiger partial charge in [0.15, 0.2) is 0 Å². The highest BCUT2D eigenvalue weighted by Crippen LogP contribution is 2.55. The second kappa shape index (κ2) is 2.11. The summed E-state index contributed by atoms with van der Waals surface area (Å²) in [5, 5.41) is 0. The van der Waals surface area contributed by atoms with Crippen LogP contribution in [0.5, 0.6) is 0 Å². The smallest absolute Gasteiger partial charge is 0.00754 e. The van der Waals surface area contributed by atoms with Gasteiger partial charge in [-0.1, -0.05) is 31.4 Å². The average molecular weight is 136 g/mol. The molecule has 0 heterocycles. The summed E-state index contributed by atoms with van der Waals surface area (Å²) in [4.78, 5) is 0. The normalized spacial score (nSPS) is 35.5. The molecule has 0 saturated heterocycles. The highest BCUT2D eigenvalue weighted by Gasteiger charge is 2.41. The molecule has 1 fully saturated rings. The average Bonchev–Trinajstić information content (AvgIpc) is 2.39. The van der Waals surface area contributed by atoms with Crippen molar-refractivity contribution in [2.75, 3.05) is 0 Å². The van der Waals surface area contributed by atoms with Crippen molar-refractivity contribution in [3.8, 4) is 0 Å². The number of rotatable bonds is 3. The van der Waals surface area contributed by atoms with Crippen LogP contribution in [0.1, 0.15) is 45.4 Å². The minimum Gasteiger partial charge on any atom is -0.0787 e. The second-order valence-corrected chi connectivity index (χ2v) is 3.95. The van der Waals surface area contributed by atoms with Crippen molar-refractivity contribution < 1.29 is 0 Å². The van der Waals surface area contributed by atoms with Crippen LogP contribution in [-0.2, 0) is 0 Å². The molecule has 10 heavy (non-hydrogen) atoms. The maximum Gasteiger partial charge on any atom is -0.00754 e. The van der Waals surface area contributed by atoms with Crippen molar-refractivity contribution in [2.24, 2.45) is 5.41 Å². The summed E-state index contributed by atoms with van der Waals surface area (Å²) in [6.07, 6.45) is 11.2. The first kappa shape index (κ1) is 6.45. The Morgan fingerprint density at radius 3 is 2.90 bits per heavy atom. The number of unbranched alkanes of at least 4 members (excludes halogenated alkanes) is 1. The molecular weight excluding hydrogens is 120 g/mol. The van der Waals surface area contributed by atoms with E-state index in [1.165, 1.54) is 38.5 Å². The first-order valence-electron chi connectivity index (χ1n) is 4.55. The molecular formula is C10H16. The fourth-order valence-corrected chi connectivity index (χ4v) is 2.40. The predicted molar refractivity (Wildman–Crippen MR) is 43.9 cm³/mol. The van der Waals surface area contributed by atoms with Crippen molar-refractivity contribution in [3.05, 3.63) is 11.6 Å². The van der Waals surface area contributed by atoms with Crippen LogP contribution in [0.25, 0.3) is 0 Å². The number of allylic oxidation sites excluding steroid dienone is 2.